The molecule has 1 N–H and O–H groups in total. The number of oxime groups is 1. The molecule has 0 saturated heterocycles. The molecule has 0 atom stereocenters. The van der Waals surface area contributed by atoms with Crippen LogP contribution >= 0.6 is 0 Å². The Morgan fingerprint density at radius 3 is 2.47 bits per heavy atom. The molecule has 0 aliphatic heterocycles. The normalized spacial score (nSPS) is 9.93. The Morgan fingerprint density at radius 2 is 2.00 bits per heavy atom. The van der Waals surface area contributed by atoms with E-state index in [0.717, 1.165) is 23.8 Å². The summed E-state index contributed by atoms with van der Waals surface area (Å²) in [5.41, 5.74) is 2.28. The second-order valence-corrected chi connectivity index (χ2v) is 2.85. The molecule has 0 bridgehead atoms. The van der Waals surface area contributed by atoms with E-state index in [1.807, 2.05) is 27.7 Å². The van der Waals surface area contributed by atoms with Crippen molar-refractivity contribution in [2.24, 2.45) is 5.16 Å². The number of hydrogen-bond acceptors (Lipinski definition) is 2. The molecule has 3 heteroatoms. The molecule has 0 aromatic heterocycles. The first-order valence-corrected chi connectivity index (χ1v) is 5.16. The lowest BCUT2D eigenvalue weighted by Crippen LogP contribution is -1.99. The van der Waals surface area contributed by atoms with Crippen LogP contribution in [0.15, 0.2) is 17.3 Å². The third-order valence-electron chi connectivity index (χ3n) is 2.08. The van der Waals surface area contributed by atoms with E-state index < -0.39 is 0 Å². The molecule has 0 saturated carbocycles. The van der Waals surface area contributed by atoms with E-state index in [9.17, 15) is 4.39 Å². The van der Waals surface area contributed by atoms with Crippen molar-refractivity contribution in [2.45, 2.75) is 34.1 Å². The molecule has 1 aromatic rings. The largest absolute Gasteiger partial charge is 0.411 e. The lowest BCUT2D eigenvalue weighted by atomic mass is 10.00. The van der Waals surface area contributed by atoms with E-state index in [1.54, 1.807) is 6.07 Å². The highest BCUT2D eigenvalue weighted by molar-refractivity contribution is 5.82. The predicted octanol–water partition coefficient (Wildman–Crippen LogP) is 3.53. The van der Waals surface area contributed by atoms with E-state index in [4.69, 9.17) is 5.21 Å². The molecule has 0 spiro atoms. The van der Waals surface area contributed by atoms with Crippen LogP contribution in [0.25, 0.3) is 0 Å². The zero-order valence-corrected chi connectivity index (χ0v) is 9.71. The summed E-state index contributed by atoms with van der Waals surface area (Å²) in [6, 6.07) is 3.11. The molecule has 15 heavy (non-hydrogen) atoms. The third-order valence-corrected chi connectivity index (χ3v) is 2.08. The Kier molecular flexibility index (Phi) is 6.34. The average Bonchev–Trinajstić information content (AvgIpc) is 2.27. The minimum Gasteiger partial charge on any atom is -0.411 e. The quantitative estimate of drug-likeness (QED) is 0.453. The molecule has 84 valence electrons. The molecule has 0 amide bonds. The molecular weight excluding hydrogens is 193 g/mol. The monoisotopic (exact) mass is 211 g/mol. The lowest BCUT2D eigenvalue weighted by Gasteiger charge is -2.07. The van der Waals surface area contributed by atoms with Crippen molar-refractivity contribution < 1.29 is 9.60 Å². The van der Waals surface area contributed by atoms with Crippen LogP contribution in [-0.2, 0) is 6.42 Å². The van der Waals surface area contributed by atoms with Gasteiger partial charge in [-0.05, 0) is 30.5 Å². The average molecular weight is 211 g/mol. The van der Waals surface area contributed by atoms with E-state index in [0.29, 0.717) is 5.56 Å². The number of halogens is 1. The fraction of sp³-hybridized carbons (Fsp3) is 0.417. The van der Waals surface area contributed by atoms with Gasteiger partial charge in [0, 0.05) is 5.56 Å². The first-order valence-electron chi connectivity index (χ1n) is 5.16. The maximum absolute atomic E-state index is 13.2. The molecular formula is C12H18FNO. The van der Waals surface area contributed by atoms with E-state index in [-0.39, 0.29) is 5.82 Å². The number of nitrogens with zero attached hydrogens (tertiary/aromatic N) is 1. The summed E-state index contributed by atoms with van der Waals surface area (Å²) >= 11 is 0. The van der Waals surface area contributed by atoms with Gasteiger partial charge in [0.2, 0.25) is 0 Å². The summed E-state index contributed by atoms with van der Waals surface area (Å²) in [6.45, 7) is 7.85. The van der Waals surface area contributed by atoms with Gasteiger partial charge < -0.3 is 5.21 Å². The van der Waals surface area contributed by atoms with E-state index >= 15 is 0 Å². The SMILES string of the molecule is CC.CCc1c(C)ccc(F)c1/C=N/O. The van der Waals surface area contributed by atoms with Gasteiger partial charge in [-0.3, -0.25) is 0 Å². The summed E-state index contributed by atoms with van der Waals surface area (Å²) < 4.78 is 13.2. The molecule has 1 aromatic carbocycles. The zero-order valence-electron chi connectivity index (χ0n) is 9.71. The summed E-state index contributed by atoms with van der Waals surface area (Å²) in [4.78, 5) is 0. The Morgan fingerprint density at radius 1 is 1.40 bits per heavy atom. The van der Waals surface area contributed by atoms with Gasteiger partial charge in [-0.25, -0.2) is 4.39 Å². The van der Waals surface area contributed by atoms with Crippen molar-refractivity contribution in [3.8, 4) is 0 Å². The lowest BCUT2D eigenvalue weighted by molar-refractivity contribution is 0.321. The Bertz CT molecular complexity index is 335. The van der Waals surface area contributed by atoms with Crippen LogP contribution in [0.2, 0.25) is 0 Å². The van der Waals surface area contributed by atoms with Gasteiger partial charge in [0.15, 0.2) is 0 Å². The summed E-state index contributed by atoms with van der Waals surface area (Å²) in [5, 5.41) is 11.2. The van der Waals surface area contributed by atoms with Crippen molar-refractivity contribution in [3.05, 3.63) is 34.6 Å². The summed E-state index contributed by atoms with van der Waals surface area (Å²) in [5.74, 6) is -0.347. The number of hydrogen-bond donors (Lipinski definition) is 1. The first kappa shape index (κ1) is 13.6. The van der Waals surface area contributed by atoms with Gasteiger partial charge >= 0.3 is 0 Å². The summed E-state index contributed by atoms with van der Waals surface area (Å²) in [6.07, 6.45) is 1.87. The van der Waals surface area contributed by atoms with Gasteiger partial charge in [0.25, 0.3) is 0 Å². The predicted molar refractivity (Wildman–Crippen MR) is 61.2 cm³/mol. The van der Waals surface area contributed by atoms with Crippen LogP contribution in [0.5, 0.6) is 0 Å². The van der Waals surface area contributed by atoms with Crippen LogP contribution in [0, 0.1) is 12.7 Å². The topological polar surface area (TPSA) is 32.6 Å². The molecule has 0 aliphatic carbocycles. The highest BCUT2D eigenvalue weighted by Gasteiger charge is 2.07. The van der Waals surface area contributed by atoms with Crippen molar-refractivity contribution in [3.63, 3.8) is 0 Å². The highest BCUT2D eigenvalue weighted by atomic mass is 19.1. The maximum atomic E-state index is 13.2. The van der Waals surface area contributed by atoms with Crippen LogP contribution in [0.4, 0.5) is 4.39 Å². The Labute approximate surface area is 90.4 Å². The van der Waals surface area contributed by atoms with Crippen LogP contribution in [-0.4, -0.2) is 11.4 Å². The smallest absolute Gasteiger partial charge is 0.132 e. The van der Waals surface area contributed by atoms with Gasteiger partial charge in [-0.15, -0.1) is 0 Å². The van der Waals surface area contributed by atoms with Gasteiger partial charge in [0.1, 0.15) is 5.82 Å². The molecule has 0 fully saturated rings. The van der Waals surface area contributed by atoms with Gasteiger partial charge in [-0.2, -0.15) is 0 Å². The second-order valence-electron chi connectivity index (χ2n) is 2.85. The maximum Gasteiger partial charge on any atom is 0.132 e. The zero-order chi connectivity index (χ0) is 11.8. The van der Waals surface area contributed by atoms with Crippen molar-refractivity contribution in [1.82, 2.24) is 0 Å². The fourth-order valence-electron chi connectivity index (χ4n) is 1.41. The van der Waals surface area contributed by atoms with Crippen molar-refractivity contribution in [2.75, 3.05) is 0 Å². The molecule has 2 nitrogen and oxygen atoms in total. The van der Waals surface area contributed by atoms with E-state index in [1.165, 1.54) is 6.07 Å². The molecule has 0 heterocycles. The molecule has 1 rings (SSSR count). The number of benzene rings is 1. The molecule has 0 aliphatic rings. The van der Waals surface area contributed by atoms with Crippen molar-refractivity contribution in [1.29, 1.82) is 0 Å². The number of rotatable bonds is 2. The second kappa shape index (κ2) is 6.98. The standard InChI is InChI=1S/C10H12FNO.C2H6/c1-3-8-7(2)4-5-10(11)9(8)6-12-13;1-2/h4-6,13H,3H2,1-2H3;1-2H3/b12-6+;. The van der Waals surface area contributed by atoms with Gasteiger partial charge in [0.05, 0.1) is 6.21 Å². The highest BCUT2D eigenvalue weighted by Crippen LogP contribution is 2.16. The van der Waals surface area contributed by atoms with E-state index in [2.05, 4.69) is 5.16 Å². The first-order chi connectivity index (χ1) is 7.20. The Balaban J connectivity index is 0.000000921. The minimum atomic E-state index is -0.347. The van der Waals surface area contributed by atoms with Gasteiger partial charge in [-0.1, -0.05) is 32.0 Å². The molecule has 0 unspecified atom stereocenters. The van der Waals surface area contributed by atoms with Crippen LogP contribution in [0.1, 0.15) is 37.5 Å². The summed E-state index contributed by atoms with van der Waals surface area (Å²) in [7, 11) is 0. The number of aryl methyl sites for hydroxylation is 1. The third kappa shape index (κ3) is 3.35. The van der Waals surface area contributed by atoms with Crippen LogP contribution in [0.3, 0.4) is 0 Å². The van der Waals surface area contributed by atoms with Crippen LogP contribution < -0.4 is 0 Å². The molecule has 0 radical (unpaired) electrons. The minimum absolute atomic E-state index is 0.347. The van der Waals surface area contributed by atoms with Crippen molar-refractivity contribution >= 4 is 6.21 Å². The fourth-order valence-corrected chi connectivity index (χ4v) is 1.41. The Hall–Kier alpha value is -1.38.